The molecule has 8 nitrogen and oxygen atoms in total. The van der Waals surface area contributed by atoms with E-state index in [2.05, 4.69) is 0 Å². The zero-order valence-corrected chi connectivity index (χ0v) is 17.1. The third-order valence-electron chi connectivity index (χ3n) is 4.80. The Morgan fingerprint density at radius 1 is 1.23 bits per heavy atom. The van der Waals surface area contributed by atoms with Gasteiger partial charge in [-0.15, -0.1) is 0 Å². The molecule has 0 radical (unpaired) electrons. The van der Waals surface area contributed by atoms with Crippen molar-refractivity contribution in [3.8, 4) is 5.75 Å². The van der Waals surface area contributed by atoms with E-state index in [0.29, 0.717) is 12.1 Å². The molecular weight excluding hydrogens is 386 g/mol. The number of allylic oxidation sites excluding steroid dienone is 1. The minimum atomic E-state index is -0.439. The van der Waals surface area contributed by atoms with Gasteiger partial charge in [0.2, 0.25) is 0 Å². The number of hydrogen-bond acceptors (Lipinski definition) is 7. The highest BCUT2D eigenvalue weighted by Gasteiger charge is 2.30. The standard InChI is InChI=1S/C22H23N3O5/c1-4-30-22(26)13-15(2)24-21(17-5-9-18(10-6-17)25(27)28)14-20(23-24)16-7-11-19(29-3)12-8-16/h5-13,21H,4,14H2,1-3H3/t21-/m1/s1. The summed E-state index contributed by atoms with van der Waals surface area (Å²) in [7, 11) is 1.61. The van der Waals surface area contributed by atoms with E-state index in [0.717, 1.165) is 22.6 Å². The van der Waals surface area contributed by atoms with Gasteiger partial charge < -0.3 is 9.47 Å². The average molecular weight is 409 g/mol. The van der Waals surface area contributed by atoms with E-state index in [4.69, 9.17) is 14.6 Å². The molecule has 8 heteroatoms. The largest absolute Gasteiger partial charge is 0.497 e. The first-order chi connectivity index (χ1) is 14.4. The first-order valence-corrected chi connectivity index (χ1v) is 9.53. The van der Waals surface area contributed by atoms with Gasteiger partial charge in [0.05, 0.1) is 30.4 Å². The second-order valence-corrected chi connectivity index (χ2v) is 6.73. The van der Waals surface area contributed by atoms with Crippen molar-refractivity contribution in [2.24, 2.45) is 5.10 Å². The van der Waals surface area contributed by atoms with Crippen LogP contribution >= 0.6 is 0 Å². The third kappa shape index (κ3) is 4.65. The van der Waals surface area contributed by atoms with Crippen LogP contribution in [0.25, 0.3) is 0 Å². The number of non-ortho nitro benzene ring substituents is 1. The number of esters is 1. The van der Waals surface area contributed by atoms with Crippen LogP contribution in [0.1, 0.15) is 37.4 Å². The number of hydrogen-bond donors (Lipinski definition) is 0. The number of ether oxygens (including phenoxy) is 2. The number of nitro groups is 1. The molecule has 0 amide bonds. The molecule has 0 unspecified atom stereocenters. The molecule has 3 rings (SSSR count). The fourth-order valence-corrected chi connectivity index (χ4v) is 3.29. The summed E-state index contributed by atoms with van der Waals surface area (Å²) >= 11 is 0. The lowest BCUT2D eigenvalue weighted by Gasteiger charge is -2.24. The van der Waals surface area contributed by atoms with E-state index in [1.54, 1.807) is 38.1 Å². The fourth-order valence-electron chi connectivity index (χ4n) is 3.29. The Balaban J connectivity index is 1.95. The maximum atomic E-state index is 11.9. The zero-order valence-electron chi connectivity index (χ0n) is 17.1. The van der Waals surface area contributed by atoms with Gasteiger partial charge in [-0.05, 0) is 49.2 Å². The van der Waals surface area contributed by atoms with Crippen LogP contribution in [-0.2, 0) is 9.53 Å². The number of methoxy groups -OCH3 is 1. The van der Waals surface area contributed by atoms with Gasteiger partial charge in [0, 0.05) is 30.3 Å². The molecule has 0 spiro atoms. The molecule has 0 saturated carbocycles. The normalized spacial score (nSPS) is 16.2. The Hall–Kier alpha value is -3.68. The molecular formula is C22H23N3O5. The van der Waals surface area contributed by atoms with Crippen molar-refractivity contribution in [1.82, 2.24) is 5.01 Å². The van der Waals surface area contributed by atoms with Gasteiger partial charge in [-0.3, -0.25) is 15.1 Å². The summed E-state index contributed by atoms with van der Waals surface area (Å²) in [4.78, 5) is 22.5. The first-order valence-electron chi connectivity index (χ1n) is 9.53. The third-order valence-corrected chi connectivity index (χ3v) is 4.80. The van der Waals surface area contributed by atoms with E-state index >= 15 is 0 Å². The van der Waals surface area contributed by atoms with Crippen LogP contribution in [0.15, 0.2) is 65.4 Å². The van der Waals surface area contributed by atoms with E-state index in [9.17, 15) is 14.9 Å². The summed E-state index contributed by atoms with van der Waals surface area (Å²) in [6, 6.07) is 13.8. The maximum absolute atomic E-state index is 11.9. The number of carbonyl (C=O) groups excluding carboxylic acids is 1. The van der Waals surface area contributed by atoms with Gasteiger partial charge in [0.25, 0.3) is 5.69 Å². The molecule has 2 aromatic rings. The summed E-state index contributed by atoms with van der Waals surface area (Å²) in [5, 5.41) is 17.5. The Kier molecular flexibility index (Phi) is 6.46. The predicted octanol–water partition coefficient (Wildman–Crippen LogP) is 4.22. The fraction of sp³-hybridized carbons (Fsp3) is 0.273. The first kappa shape index (κ1) is 21.0. The monoisotopic (exact) mass is 409 g/mol. The van der Waals surface area contributed by atoms with Crippen LogP contribution < -0.4 is 4.74 Å². The molecule has 30 heavy (non-hydrogen) atoms. The van der Waals surface area contributed by atoms with Crippen molar-refractivity contribution < 1.29 is 19.2 Å². The summed E-state index contributed by atoms with van der Waals surface area (Å²) in [6.07, 6.45) is 1.99. The minimum absolute atomic E-state index is 0.0263. The Bertz CT molecular complexity index is 981. The second kappa shape index (κ2) is 9.21. The quantitative estimate of drug-likeness (QED) is 0.294. The van der Waals surface area contributed by atoms with Crippen molar-refractivity contribution in [2.45, 2.75) is 26.3 Å². The minimum Gasteiger partial charge on any atom is -0.497 e. The molecule has 0 aromatic heterocycles. The van der Waals surface area contributed by atoms with Gasteiger partial charge in [-0.1, -0.05) is 12.1 Å². The highest BCUT2D eigenvalue weighted by Crippen LogP contribution is 2.36. The van der Waals surface area contributed by atoms with Gasteiger partial charge in [0.1, 0.15) is 5.75 Å². The van der Waals surface area contributed by atoms with Gasteiger partial charge in [0.15, 0.2) is 0 Å². The molecule has 1 heterocycles. The Morgan fingerprint density at radius 3 is 2.47 bits per heavy atom. The van der Waals surface area contributed by atoms with Gasteiger partial charge in [-0.25, -0.2) is 4.79 Å². The average Bonchev–Trinajstić information content (AvgIpc) is 3.19. The molecule has 0 bridgehead atoms. The maximum Gasteiger partial charge on any atom is 0.332 e. The Labute approximate surface area is 174 Å². The lowest BCUT2D eigenvalue weighted by atomic mass is 9.98. The molecule has 0 aliphatic carbocycles. The highest BCUT2D eigenvalue weighted by molar-refractivity contribution is 6.02. The number of rotatable bonds is 7. The Morgan fingerprint density at radius 2 is 1.90 bits per heavy atom. The number of benzene rings is 2. The smallest absolute Gasteiger partial charge is 0.332 e. The molecule has 1 aliphatic heterocycles. The summed E-state index contributed by atoms with van der Waals surface area (Å²) in [5.41, 5.74) is 3.30. The molecule has 1 aliphatic rings. The van der Waals surface area contributed by atoms with Crippen LogP contribution in [0, 0.1) is 10.1 Å². The van der Waals surface area contributed by atoms with Crippen molar-refractivity contribution in [1.29, 1.82) is 0 Å². The van der Waals surface area contributed by atoms with Gasteiger partial charge >= 0.3 is 5.97 Å². The topological polar surface area (TPSA) is 94.3 Å². The van der Waals surface area contributed by atoms with E-state index in [-0.39, 0.29) is 18.3 Å². The van der Waals surface area contributed by atoms with Crippen LogP contribution in [-0.4, -0.2) is 35.3 Å². The zero-order chi connectivity index (χ0) is 21.7. The second-order valence-electron chi connectivity index (χ2n) is 6.73. The van der Waals surface area contributed by atoms with E-state index in [1.807, 2.05) is 24.3 Å². The van der Waals surface area contributed by atoms with Gasteiger partial charge in [-0.2, -0.15) is 5.10 Å². The predicted molar refractivity (Wildman–Crippen MR) is 112 cm³/mol. The van der Waals surface area contributed by atoms with E-state index < -0.39 is 10.9 Å². The van der Waals surface area contributed by atoms with Crippen LogP contribution in [0.4, 0.5) is 5.69 Å². The molecule has 156 valence electrons. The lowest BCUT2D eigenvalue weighted by molar-refractivity contribution is -0.384. The highest BCUT2D eigenvalue weighted by atomic mass is 16.6. The molecule has 0 saturated heterocycles. The van der Waals surface area contributed by atoms with Crippen molar-refractivity contribution in [3.05, 3.63) is 81.5 Å². The lowest BCUT2D eigenvalue weighted by Crippen LogP contribution is -2.19. The number of hydrazone groups is 1. The van der Waals surface area contributed by atoms with Crippen LogP contribution in [0.3, 0.4) is 0 Å². The number of nitro benzene ring substituents is 1. The molecule has 1 atom stereocenters. The van der Waals surface area contributed by atoms with Crippen molar-refractivity contribution >= 4 is 17.4 Å². The summed E-state index contributed by atoms with van der Waals surface area (Å²) in [5.74, 6) is 0.310. The number of carbonyl (C=O) groups is 1. The van der Waals surface area contributed by atoms with Crippen LogP contribution in [0.5, 0.6) is 5.75 Å². The summed E-state index contributed by atoms with van der Waals surface area (Å²) in [6.45, 7) is 3.82. The molecule has 2 aromatic carbocycles. The van der Waals surface area contributed by atoms with E-state index in [1.165, 1.54) is 18.2 Å². The SMILES string of the molecule is CCOC(=O)C=C(C)N1N=C(c2ccc(OC)cc2)C[C@@H]1c1ccc([N+](=O)[O-])cc1. The van der Waals surface area contributed by atoms with Crippen molar-refractivity contribution in [2.75, 3.05) is 13.7 Å². The summed E-state index contributed by atoms with van der Waals surface area (Å²) < 4.78 is 10.2. The molecule has 0 fully saturated rings. The van der Waals surface area contributed by atoms with Crippen LogP contribution in [0.2, 0.25) is 0 Å². The number of nitrogens with zero attached hydrogens (tertiary/aromatic N) is 3. The van der Waals surface area contributed by atoms with Crippen molar-refractivity contribution in [3.63, 3.8) is 0 Å². The molecule has 0 N–H and O–H groups in total.